The minimum absolute atomic E-state index is 0.0336. The van der Waals surface area contributed by atoms with E-state index in [9.17, 15) is 27.6 Å². The minimum Gasteiger partial charge on any atom is -0.472 e. The van der Waals surface area contributed by atoms with Crippen molar-refractivity contribution < 1.29 is 37.1 Å². The Labute approximate surface area is 317 Å². The molecule has 3 saturated carbocycles. The number of nitrogens with zero attached hydrogens (tertiary/aromatic N) is 2. The smallest absolute Gasteiger partial charge is 0.407 e. The van der Waals surface area contributed by atoms with Crippen LogP contribution in [0.4, 0.5) is 4.79 Å². The van der Waals surface area contributed by atoms with Gasteiger partial charge in [-0.05, 0) is 110 Å². The van der Waals surface area contributed by atoms with Gasteiger partial charge < -0.3 is 25.0 Å². The number of alkyl carbamates (subject to hydrolysis) is 1. The number of hydrogen-bond acceptors (Lipinski definition) is 9. The monoisotopic (exact) mass is 847 g/mol. The van der Waals surface area contributed by atoms with E-state index in [1.807, 2.05) is 6.07 Å². The highest BCUT2D eigenvalue weighted by Crippen LogP contribution is 2.45. The minimum atomic E-state index is -3.88. The van der Waals surface area contributed by atoms with E-state index >= 15 is 0 Å². The number of carbonyl (C=O) groups excluding carboxylic acids is 4. The summed E-state index contributed by atoms with van der Waals surface area (Å²) in [6, 6.07) is 4.16. The maximum absolute atomic E-state index is 14.7. The fourth-order valence-electron chi connectivity index (χ4n) is 8.03. The molecule has 15 heteroatoms. The second-order valence-corrected chi connectivity index (χ2v) is 18.0. The Morgan fingerprint density at radius 1 is 1.06 bits per heavy atom. The van der Waals surface area contributed by atoms with Crippen molar-refractivity contribution in [3.63, 3.8) is 0 Å². The molecule has 4 fully saturated rings. The Morgan fingerprint density at radius 2 is 1.83 bits per heavy atom. The number of aryl methyl sites for hydroxylation is 1. The first-order chi connectivity index (χ1) is 25.0. The second kappa shape index (κ2) is 15.1. The number of amides is 4. The Morgan fingerprint density at radius 3 is 2.56 bits per heavy atom. The van der Waals surface area contributed by atoms with E-state index in [1.165, 1.54) is 11.0 Å². The third kappa shape index (κ3) is 7.75. The average molecular weight is 848 g/mol. The summed E-state index contributed by atoms with van der Waals surface area (Å²) in [5, 5.41) is 6.91. The number of cyclic esters (lactones) is 1. The molecule has 1 aromatic heterocycles. The summed E-state index contributed by atoms with van der Waals surface area (Å²) >= 11 is 2.31. The van der Waals surface area contributed by atoms with Crippen LogP contribution >= 0.6 is 22.6 Å². The number of carbonyl (C=O) groups is 4. The summed E-state index contributed by atoms with van der Waals surface area (Å²) in [7, 11) is -3.88. The molecule has 7 rings (SSSR count). The molecule has 2 aliphatic heterocycles. The second-order valence-electron chi connectivity index (χ2n) is 14.9. The normalized spacial score (nSPS) is 28.9. The van der Waals surface area contributed by atoms with Gasteiger partial charge in [0.2, 0.25) is 27.7 Å². The fraction of sp³-hybridized carbons (Fsp3) is 0.595. The lowest BCUT2D eigenvalue weighted by Crippen LogP contribution is -2.59. The number of fused-ring (bicyclic) bond motifs is 3. The van der Waals surface area contributed by atoms with Gasteiger partial charge in [-0.2, -0.15) is 0 Å². The molecule has 4 amide bonds. The molecule has 2 aromatic rings. The lowest BCUT2D eigenvalue weighted by Gasteiger charge is -2.34. The molecule has 3 aliphatic carbocycles. The van der Waals surface area contributed by atoms with Gasteiger partial charge in [0.1, 0.15) is 23.7 Å². The van der Waals surface area contributed by atoms with Gasteiger partial charge in [-0.25, -0.2) is 18.2 Å². The van der Waals surface area contributed by atoms with Crippen molar-refractivity contribution in [2.75, 3.05) is 13.2 Å². The number of halogens is 1. The number of benzene rings is 1. The van der Waals surface area contributed by atoms with Crippen LogP contribution in [0.25, 0.3) is 10.8 Å². The highest BCUT2D eigenvalue weighted by Gasteiger charge is 2.62. The van der Waals surface area contributed by atoms with Crippen molar-refractivity contribution in [2.24, 2.45) is 11.8 Å². The number of pyridine rings is 1. The van der Waals surface area contributed by atoms with Gasteiger partial charge >= 0.3 is 6.09 Å². The number of sulfonamides is 1. The Balaban J connectivity index is 1.22. The van der Waals surface area contributed by atoms with Crippen LogP contribution in [-0.2, 0) is 35.6 Å². The summed E-state index contributed by atoms with van der Waals surface area (Å²) in [6.07, 6.45) is 10.7. The van der Waals surface area contributed by atoms with Crippen LogP contribution in [0, 0.1) is 15.4 Å². The van der Waals surface area contributed by atoms with Gasteiger partial charge in [-0.15, -0.1) is 6.58 Å². The lowest BCUT2D eigenvalue weighted by molar-refractivity contribution is -0.142. The molecule has 52 heavy (non-hydrogen) atoms. The fourth-order valence-corrected chi connectivity index (χ4v) is 10.3. The number of ether oxygens (including phenoxy) is 2. The average Bonchev–Trinajstić information content (AvgIpc) is 4.05. The third-order valence-electron chi connectivity index (χ3n) is 11.2. The molecule has 1 saturated heterocycles. The molecule has 13 nitrogen and oxygen atoms in total. The van der Waals surface area contributed by atoms with Gasteiger partial charge in [-0.1, -0.05) is 25.3 Å². The molecule has 3 N–H and O–H groups in total. The molecule has 4 bridgehead atoms. The summed E-state index contributed by atoms with van der Waals surface area (Å²) in [6.45, 7) is 4.05. The van der Waals surface area contributed by atoms with E-state index in [2.05, 4.69) is 61.6 Å². The molecule has 280 valence electrons. The van der Waals surface area contributed by atoms with E-state index in [1.54, 1.807) is 6.20 Å². The highest BCUT2D eigenvalue weighted by molar-refractivity contribution is 14.1. The number of aromatic nitrogens is 1. The number of rotatable bonds is 7. The summed E-state index contributed by atoms with van der Waals surface area (Å²) < 4.78 is 40.8. The van der Waals surface area contributed by atoms with Gasteiger partial charge in [-0.3, -0.25) is 19.1 Å². The van der Waals surface area contributed by atoms with Gasteiger partial charge in [0.05, 0.1) is 18.4 Å². The first-order valence-electron chi connectivity index (χ1n) is 18.5. The van der Waals surface area contributed by atoms with Gasteiger partial charge in [0.25, 0.3) is 5.91 Å². The molecule has 5 atom stereocenters. The Hall–Kier alpha value is -3.47. The molecule has 0 spiro atoms. The molecular formula is C37H46IN5O8S. The molecular weight excluding hydrogens is 801 g/mol. The summed E-state index contributed by atoms with van der Waals surface area (Å²) in [5.41, 5.74) is -0.394. The van der Waals surface area contributed by atoms with Crippen molar-refractivity contribution in [1.29, 1.82) is 0 Å². The standard InChI is InChI=1S/C37H46IN5O8S/c1-2-24-20-37(24,35(46)42-52(48,49)26-12-13-26)41-32(44)30-19-25-21-43(30)34(45)31(23-10-6-3-7-11-23)40-36(47)50-16-8-4-5-9-22-17-28-27(29(38)18-22)14-15-39-33(28)51-25/h2,14-15,17-18,23-26,30-31H,1,3-13,16,19-21H2,(H,40,47)(H,41,44)(H,42,46)/t24-,25-,30+,31+,37-/m1/s1. The molecule has 3 heterocycles. The molecule has 5 aliphatic rings. The first-order valence-corrected chi connectivity index (χ1v) is 21.1. The Kier molecular flexibility index (Phi) is 10.7. The molecule has 0 unspecified atom stereocenters. The van der Waals surface area contributed by atoms with Crippen LogP contribution in [0.2, 0.25) is 0 Å². The molecule has 0 radical (unpaired) electrons. The zero-order valence-electron chi connectivity index (χ0n) is 29.1. The summed E-state index contributed by atoms with van der Waals surface area (Å²) in [4.78, 5) is 61.7. The van der Waals surface area contributed by atoms with Gasteiger partial charge in [0, 0.05) is 32.9 Å². The van der Waals surface area contributed by atoms with Crippen molar-refractivity contribution in [3.05, 3.63) is 46.2 Å². The SMILES string of the molecule is C=C[C@@H]1C[C@]1(NC(=O)[C@@H]1C[C@@H]2CN1C(=O)[C@H](C1CCCCC1)NC(=O)OCCCCCc1cc(I)c3ccnc(c3c1)O2)C(=O)NS(=O)(=O)C1CC1. The molecule has 1 aromatic carbocycles. The topological polar surface area (TPSA) is 173 Å². The summed E-state index contributed by atoms with van der Waals surface area (Å²) in [5.74, 6) is -2.09. The third-order valence-corrected chi connectivity index (χ3v) is 13.9. The van der Waals surface area contributed by atoms with E-state index in [0.29, 0.717) is 25.1 Å². The number of nitrogens with one attached hydrogen (secondary N) is 3. The van der Waals surface area contributed by atoms with Crippen molar-refractivity contribution in [3.8, 4) is 5.88 Å². The van der Waals surface area contributed by atoms with E-state index in [0.717, 1.165) is 71.3 Å². The van der Waals surface area contributed by atoms with E-state index in [4.69, 9.17) is 9.47 Å². The predicted octanol–water partition coefficient (Wildman–Crippen LogP) is 4.26. The number of hydrogen-bond donors (Lipinski definition) is 3. The van der Waals surface area contributed by atoms with Crippen LogP contribution in [0.5, 0.6) is 5.88 Å². The van der Waals surface area contributed by atoms with Crippen LogP contribution in [-0.4, -0.2) is 84.2 Å². The van der Waals surface area contributed by atoms with Crippen LogP contribution in [0.1, 0.15) is 82.6 Å². The zero-order valence-corrected chi connectivity index (χ0v) is 32.1. The zero-order chi connectivity index (χ0) is 36.6. The Bertz CT molecular complexity index is 1870. The first kappa shape index (κ1) is 36.9. The van der Waals surface area contributed by atoms with E-state index in [-0.39, 0.29) is 31.9 Å². The van der Waals surface area contributed by atoms with Crippen molar-refractivity contribution in [2.45, 2.75) is 112 Å². The highest BCUT2D eigenvalue weighted by atomic mass is 127. The largest absolute Gasteiger partial charge is 0.472 e. The van der Waals surface area contributed by atoms with Crippen LogP contribution in [0.3, 0.4) is 0 Å². The van der Waals surface area contributed by atoms with Crippen molar-refractivity contribution in [1.82, 2.24) is 25.2 Å². The van der Waals surface area contributed by atoms with Crippen LogP contribution < -0.4 is 20.1 Å². The van der Waals surface area contributed by atoms with Gasteiger partial charge in [0.15, 0.2) is 0 Å². The maximum atomic E-state index is 14.7. The van der Waals surface area contributed by atoms with Crippen molar-refractivity contribution >= 4 is 67.2 Å². The maximum Gasteiger partial charge on any atom is 0.407 e. The quantitative estimate of drug-likeness (QED) is 0.272. The van der Waals surface area contributed by atoms with E-state index < -0.39 is 68.7 Å². The lowest BCUT2D eigenvalue weighted by atomic mass is 9.83. The predicted molar refractivity (Wildman–Crippen MR) is 201 cm³/mol. The van der Waals surface area contributed by atoms with Crippen LogP contribution in [0.15, 0.2) is 37.1 Å².